The summed E-state index contributed by atoms with van der Waals surface area (Å²) in [7, 11) is 0. The Kier molecular flexibility index (Phi) is 7.91. The van der Waals surface area contributed by atoms with E-state index in [1.54, 1.807) is 17.0 Å². The molecule has 2 aliphatic rings. The summed E-state index contributed by atoms with van der Waals surface area (Å²) in [5.74, 6) is 0. The summed E-state index contributed by atoms with van der Waals surface area (Å²) in [5.41, 5.74) is 4.52. The van der Waals surface area contributed by atoms with Crippen LogP contribution in [0.5, 0.6) is 0 Å². The van der Waals surface area contributed by atoms with Crippen LogP contribution < -0.4 is 5.56 Å². The Morgan fingerprint density at radius 2 is 2.10 bits per heavy atom. The molecular weight excluding hydrogens is 374 g/mol. The van der Waals surface area contributed by atoms with E-state index in [0.29, 0.717) is 25.3 Å². The lowest BCUT2D eigenvalue weighted by Crippen LogP contribution is -2.29. The number of hydrogen-bond donors (Lipinski definition) is 1. The van der Waals surface area contributed by atoms with Crippen LogP contribution in [-0.2, 0) is 4.74 Å². The molecule has 1 fully saturated rings. The highest BCUT2D eigenvalue weighted by atomic mass is 16.5. The van der Waals surface area contributed by atoms with E-state index in [1.165, 1.54) is 6.21 Å². The largest absolute Gasteiger partial charge is 0.381 e. The molecule has 0 spiro atoms. The second kappa shape index (κ2) is 10.8. The SMILES string of the molecule is C=C(C/C(C=N)=C/C=C/CC)C1=CCCC=C1c1cc(=O)n(C2CCOCC2)cn1. The van der Waals surface area contributed by atoms with Gasteiger partial charge in [0.25, 0.3) is 5.56 Å². The van der Waals surface area contributed by atoms with Gasteiger partial charge in [0.15, 0.2) is 0 Å². The molecule has 1 aromatic rings. The van der Waals surface area contributed by atoms with Crippen molar-refractivity contribution in [3.05, 3.63) is 82.1 Å². The van der Waals surface area contributed by atoms with E-state index in [4.69, 9.17) is 10.1 Å². The highest BCUT2D eigenvalue weighted by Crippen LogP contribution is 2.33. The predicted molar refractivity (Wildman–Crippen MR) is 123 cm³/mol. The third-order valence-corrected chi connectivity index (χ3v) is 5.52. The van der Waals surface area contributed by atoms with Crippen molar-refractivity contribution in [2.75, 3.05) is 13.2 Å². The molecule has 1 aliphatic carbocycles. The van der Waals surface area contributed by atoms with Gasteiger partial charge in [-0.2, -0.15) is 0 Å². The standard InChI is InChI=1S/C25H31N3O2/c1-3-4-5-8-20(17-26)15-19(2)22-9-6-7-10-23(22)24-16-25(29)28(18-27-24)21-11-13-30-14-12-21/h4-5,8-10,16-18,21,26H,2-3,6-7,11-15H2,1H3/b5-4+,20-8-,26-17?. The van der Waals surface area contributed by atoms with Gasteiger partial charge in [-0.25, -0.2) is 4.98 Å². The second-order valence-electron chi connectivity index (χ2n) is 7.68. The predicted octanol–water partition coefficient (Wildman–Crippen LogP) is 5.19. The number of hydrogen-bond acceptors (Lipinski definition) is 4. The zero-order valence-electron chi connectivity index (χ0n) is 17.8. The molecule has 1 aliphatic heterocycles. The van der Waals surface area contributed by atoms with E-state index in [2.05, 4.69) is 36.7 Å². The number of rotatable bonds is 8. The molecule has 30 heavy (non-hydrogen) atoms. The van der Waals surface area contributed by atoms with Gasteiger partial charge in [-0.1, -0.05) is 43.9 Å². The normalized spacial score (nSPS) is 18.2. The van der Waals surface area contributed by atoms with Crippen molar-refractivity contribution in [1.29, 1.82) is 5.41 Å². The number of nitrogens with zero attached hydrogens (tertiary/aromatic N) is 2. The Hall–Kier alpha value is -2.79. The minimum absolute atomic E-state index is 0.0203. The van der Waals surface area contributed by atoms with Gasteiger partial charge in [-0.3, -0.25) is 9.36 Å². The molecular formula is C25H31N3O2. The summed E-state index contributed by atoms with van der Waals surface area (Å²) < 4.78 is 7.15. The van der Waals surface area contributed by atoms with Crippen molar-refractivity contribution in [2.24, 2.45) is 0 Å². The van der Waals surface area contributed by atoms with Crippen LogP contribution in [0.4, 0.5) is 0 Å². The monoisotopic (exact) mass is 405 g/mol. The highest BCUT2D eigenvalue weighted by molar-refractivity contribution is 5.84. The van der Waals surface area contributed by atoms with Gasteiger partial charge in [0.1, 0.15) is 0 Å². The molecule has 0 aromatic carbocycles. The first-order chi connectivity index (χ1) is 14.6. The van der Waals surface area contributed by atoms with Crippen LogP contribution in [0.2, 0.25) is 0 Å². The molecule has 1 saturated heterocycles. The summed E-state index contributed by atoms with van der Waals surface area (Å²) in [4.78, 5) is 17.4. The Balaban J connectivity index is 1.81. The van der Waals surface area contributed by atoms with Gasteiger partial charge in [0.2, 0.25) is 0 Å². The molecule has 0 atom stereocenters. The average molecular weight is 406 g/mol. The Morgan fingerprint density at radius 1 is 1.33 bits per heavy atom. The number of aromatic nitrogens is 2. The molecule has 5 nitrogen and oxygen atoms in total. The second-order valence-corrected chi connectivity index (χ2v) is 7.68. The summed E-state index contributed by atoms with van der Waals surface area (Å²) in [6.07, 6.45) is 18.5. The molecule has 1 aromatic heterocycles. The molecule has 2 heterocycles. The average Bonchev–Trinajstić information content (AvgIpc) is 2.79. The lowest BCUT2D eigenvalue weighted by Gasteiger charge is -2.24. The zero-order valence-corrected chi connectivity index (χ0v) is 17.8. The fourth-order valence-electron chi connectivity index (χ4n) is 3.87. The van der Waals surface area contributed by atoms with E-state index in [9.17, 15) is 4.79 Å². The Labute approximate surface area is 178 Å². The maximum atomic E-state index is 12.8. The van der Waals surface area contributed by atoms with E-state index < -0.39 is 0 Å². The minimum atomic E-state index is -0.0203. The molecule has 158 valence electrons. The first-order valence-corrected chi connectivity index (χ1v) is 10.7. The third kappa shape index (κ3) is 5.42. The van der Waals surface area contributed by atoms with E-state index >= 15 is 0 Å². The first-order valence-electron chi connectivity index (χ1n) is 10.7. The molecule has 0 bridgehead atoms. The molecule has 0 unspecified atom stereocenters. The van der Waals surface area contributed by atoms with Crippen LogP contribution >= 0.6 is 0 Å². The van der Waals surface area contributed by atoms with Crippen molar-refractivity contribution in [1.82, 2.24) is 9.55 Å². The van der Waals surface area contributed by atoms with Crippen LogP contribution in [0.25, 0.3) is 5.57 Å². The van der Waals surface area contributed by atoms with Gasteiger partial charge >= 0.3 is 0 Å². The lowest BCUT2D eigenvalue weighted by atomic mass is 9.87. The van der Waals surface area contributed by atoms with Crippen LogP contribution in [-0.4, -0.2) is 29.0 Å². The summed E-state index contributed by atoms with van der Waals surface area (Å²) >= 11 is 0. The number of allylic oxidation sites excluding steroid dienone is 9. The smallest absolute Gasteiger partial charge is 0.254 e. The van der Waals surface area contributed by atoms with E-state index in [0.717, 1.165) is 54.4 Å². The first kappa shape index (κ1) is 21.9. The van der Waals surface area contributed by atoms with E-state index in [-0.39, 0.29) is 11.6 Å². The Bertz CT molecular complexity index is 957. The quantitative estimate of drug-likeness (QED) is 0.478. The van der Waals surface area contributed by atoms with Gasteiger partial charge in [0, 0.05) is 37.1 Å². The van der Waals surface area contributed by atoms with Gasteiger partial charge in [-0.15, -0.1) is 0 Å². The fraction of sp³-hybridized carbons (Fsp3) is 0.400. The van der Waals surface area contributed by atoms with Crippen molar-refractivity contribution >= 4 is 11.8 Å². The molecule has 3 rings (SSSR count). The minimum Gasteiger partial charge on any atom is -0.381 e. The van der Waals surface area contributed by atoms with Gasteiger partial charge in [0.05, 0.1) is 12.0 Å². The van der Waals surface area contributed by atoms with Crippen LogP contribution in [0.1, 0.15) is 57.2 Å². The fourth-order valence-corrected chi connectivity index (χ4v) is 3.87. The summed E-state index contributed by atoms with van der Waals surface area (Å²) in [5, 5.41) is 7.70. The van der Waals surface area contributed by atoms with Crippen molar-refractivity contribution in [3.63, 3.8) is 0 Å². The Morgan fingerprint density at radius 3 is 2.80 bits per heavy atom. The van der Waals surface area contributed by atoms with Crippen LogP contribution in [0.3, 0.4) is 0 Å². The van der Waals surface area contributed by atoms with Gasteiger partial charge in [-0.05, 0) is 55.2 Å². The third-order valence-electron chi connectivity index (χ3n) is 5.52. The lowest BCUT2D eigenvalue weighted by molar-refractivity contribution is 0.0683. The van der Waals surface area contributed by atoms with Crippen molar-refractivity contribution in [3.8, 4) is 0 Å². The van der Waals surface area contributed by atoms with Crippen molar-refractivity contribution in [2.45, 2.75) is 51.5 Å². The van der Waals surface area contributed by atoms with Crippen LogP contribution in [0, 0.1) is 5.41 Å². The summed E-state index contributed by atoms with van der Waals surface area (Å²) in [6.45, 7) is 7.74. The maximum Gasteiger partial charge on any atom is 0.254 e. The topological polar surface area (TPSA) is 68.0 Å². The van der Waals surface area contributed by atoms with Gasteiger partial charge < -0.3 is 10.1 Å². The molecule has 1 N–H and O–H groups in total. The summed E-state index contributed by atoms with van der Waals surface area (Å²) in [6, 6.07) is 1.81. The highest BCUT2D eigenvalue weighted by Gasteiger charge is 2.20. The molecule has 0 saturated carbocycles. The maximum absolute atomic E-state index is 12.8. The van der Waals surface area contributed by atoms with E-state index in [1.807, 2.05) is 12.2 Å². The number of ether oxygens (including phenoxy) is 1. The zero-order chi connectivity index (χ0) is 21.3. The molecule has 0 amide bonds. The van der Waals surface area contributed by atoms with Crippen molar-refractivity contribution < 1.29 is 4.74 Å². The number of nitrogens with one attached hydrogen (secondary N) is 1. The van der Waals surface area contributed by atoms with Crippen LogP contribution in [0.15, 0.2) is 70.9 Å². The molecule has 5 heteroatoms. The molecule has 0 radical (unpaired) electrons.